The van der Waals surface area contributed by atoms with Crippen molar-refractivity contribution >= 4 is 23.7 Å². The van der Waals surface area contributed by atoms with Gasteiger partial charge in [0.1, 0.15) is 11.9 Å². The lowest BCUT2D eigenvalue weighted by molar-refractivity contribution is -0.189. The molecule has 3 aliphatic rings. The fourth-order valence-electron chi connectivity index (χ4n) is 4.52. The number of fused-ring (bicyclic) bond motifs is 1. The van der Waals surface area contributed by atoms with E-state index in [1.165, 1.54) is 0 Å². The minimum absolute atomic E-state index is 0.00616. The number of carbonyl (C=O) groups excluding carboxylic acids is 4. The number of benzene rings is 1. The van der Waals surface area contributed by atoms with E-state index in [0.29, 0.717) is 6.42 Å². The molecule has 0 radical (unpaired) electrons. The van der Waals surface area contributed by atoms with Gasteiger partial charge in [0.2, 0.25) is 0 Å². The van der Waals surface area contributed by atoms with Crippen LogP contribution in [-0.2, 0) is 23.9 Å². The third-order valence-corrected chi connectivity index (χ3v) is 5.72. The van der Waals surface area contributed by atoms with E-state index in [2.05, 4.69) is 4.74 Å². The maximum atomic E-state index is 12.4. The summed E-state index contributed by atoms with van der Waals surface area (Å²) < 4.78 is 51.0. The first-order valence-corrected chi connectivity index (χ1v) is 8.94. The smallest absolute Gasteiger partial charge is 0.462 e. The first-order valence-electron chi connectivity index (χ1n) is 8.94. The fraction of sp³-hybridized carbons (Fsp3) is 0.474. The van der Waals surface area contributed by atoms with Crippen LogP contribution in [0.15, 0.2) is 24.3 Å². The average molecular weight is 412 g/mol. The molecule has 0 amide bonds. The highest BCUT2D eigenvalue weighted by molar-refractivity contribution is 5.98. The summed E-state index contributed by atoms with van der Waals surface area (Å²) in [5.41, 5.74) is 0.0675. The third-order valence-electron chi connectivity index (χ3n) is 5.72. The van der Waals surface area contributed by atoms with Crippen LogP contribution in [0.25, 0.3) is 0 Å². The van der Waals surface area contributed by atoms with Crippen LogP contribution in [0.1, 0.15) is 23.2 Å². The molecule has 1 heterocycles. The van der Waals surface area contributed by atoms with E-state index in [9.17, 15) is 32.3 Å². The largest absolute Gasteiger partial charge is 0.491 e. The third kappa shape index (κ3) is 3.47. The van der Waals surface area contributed by atoms with Gasteiger partial charge in [-0.1, -0.05) is 0 Å². The number of ether oxygens (including phenoxy) is 3. The number of halogens is 3. The Morgan fingerprint density at radius 1 is 1.10 bits per heavy atom. The molecule has 2 aliphatic carbocycles. The predicted molar refractivity (Wildman–Crippen MR) is 86.5 cm³/mol. The second kappa shape index (κ2) is 6.85. The Morgan fingerprint density at radius 2 is 1.79 bits per heavy atom. The van der Waals surface area contributed by atoms with E-state index in [1.807, 2.05) is 0 Å². The zero-order valence-electron chi connectivity index (χ0n) is 14.8. The van der Waals surface area contributed by atoms with Crippen molar-refractivity contribution in [3.05, 3.63) is 29.8 Å². The Hall–Kier alpha value is -2.91. The Balaban J connectivity index is 1.32. The highest BCUT2D eigenvalue weighted by atomic mass is 19.4. The molecule has 0 unspecified atom stereocenters. The van der Waals surface area contributed by atoms with Crippen molar-refractivity contribution in [1.29, 1.82) is 0 Å². The van der Waals surface area contributed by atoms with Gasteiger partial charge in [-0.2, -0.15) is 13.2 Å². The normalized spacial score (nSPS) is 29.5. The minimum atomic E-state index is -5.13. The number of carbonyl (C=O) groups is 4. The van der Waals surface area contributed by atoms with Crippen molar-refractivity contribution in [2.24, 2.45) is 23.7 Å². The predicted octanol–water partition coefficient (Wildman–Crippen LogP) is 2.08. The first kappa shape index (κ1) is 19.4. The van der Waals surface area contributed by atoms with Crippen LogP contribution in [0.4, 0.5) is 13.2 Å². The Morgan fingerprint density at radius 3 is 2.45 bits per heavy atom. The zero-order valence-corrected chi connectivity index (χ0v) is 14.8. The lowest BCUT2D eigenvalue weighted by Crippen LogP contribution is -2.34. The van der Waals surface area contributed by atoms with Gasteiger partial charge < -0.3 is 14.2 Å². The molecule has 29 heavy (non-hydrogen) atoms. The summed E-state index contributed by atoms with van der Waals surface area (Å²) in [5, 5.41) is 0. The van der Waals surface area contributed by atoms with Gasteiger partial charge >= 0.3 is 24.1 Å². The summed E-state index contributed by atoms with van der Waals surface area (Å²) in [7, 11) is 0. The van der Waals surface area contributed by atoms with Crippen LogP contribution in [-0.4, -0.2) is 42.6 Å². The van der Waals surface area contributed by atoms with Gasteiger partial charge in [0.15, 0.2) is 12.4 Å². The summed E-state index contributed by atoms with van der Waals surface area (Å²) in [4.78, 5) is 47.3. The molecule has 154 valence electrons. The van der Waals surface area contributed by atoms with E-state index in [0.717, 1.165) is 30.7 Å². The SMILES string of the molecule is O=C(COC(=O)[C@@H]1[C@@H]2C[C@@H]3[C@@H]1C(=O)O[C@H]3C2)c1ccc(OC(=O)C(F)(F)F)cc1. The van der Waals surface area contributed by atoms with Crippen molar-refractivity contribution < 1.29 is 46.6 Å². The number of alkyl halides is 3. The number of hydrogen-bond donors (Lipinski definition) is 0. The van der Waals surface area contributed by atoms with Gasteiger partial charge in [0.25, 0.3) is 0 Å². The van der Waals surface area contributed by atoms with Crippen LogP contribution in [0.5, 0.6) is 5.75 Å². The second-order valence-corrected chi connectivity index (χ2v) is 7.36. The average Bonchev–Trinajstić information content (AvgIpc) is 3.28. The van der Waals surface area contributed by atoms with Crippen molar-refractivity contribution in [2.45, 2.75) is 25.1 Å². The molecule has 4 rings (SSSR count). The van der Waals surface area contributed by atoms with Crippen LogP contribution >= 0.6 is 0 Å². The van der Waals surface area contributed by atoms with Crippen molar-refractivity contribution in [2.75, 3.05) is 6.61 Å². The van der Waals surface area contributed by atoms with Gasteiger partial charge in [0, 0.05) is 11.5 Å². The summed E-state index contributed by atoms with van der Waals surface area (Å²) in [6.45, 7) is -0.570. The molecular formula is C19H15F3O7. The van der Waals surface area contributed by atoms with Crippen LogP contribution in [0, 0.1) is 23.7 Å². The summed E-state index contributed by atoms with van der Waals surface area (Å²) >= 11 is 0. The van der Waals surface area contributed by atoms with Gasteiger partial charge in [-0.05, 0) is 43.0 Å². The molecule has 3 fully saturated rings. The number of rotatable bonds is 5. The maximum Gasteiger partial charge on any atom is 0.491 e. The molecule has 5 atom stereocenters. The molecule has 2 bridgehead atoms. The first-order chi connectivity index (χ1) is 13.6. The van der Waals surface area contributed by atoms with Crippen molar-refractivity contribution in [1.82, 2.24) is 0 Å². The maximum absolute atomic E-state index is 12.4. The van der Waals surface area contributed by atoms with E-state index in [-0.39, 0.29) is 29.3 Å². The molecule has 0 aromatic heterocycles. The van der Waals surface area contributed by atoms with Gasteiger partial charge in [-0.3, -0.25) is 14.4 Å². The summed E-state index contributed by atoms with van der Waals surface area (Å²) in [6.07, 6.45) is -3.90. The van der Waals surface area contributed by atoms with Gasteiger partial charge in [-0.25, -0.2) is 4.79 Å². The van der Waals surface area contributed by atoms with E-state index < -0.39 is 48.3 Å². The minimum Gasteiger partial charge on any atom is -0.462 e. The molecule has 7 nitrogen and oxygen atoms in total. The molecule has 1 aliphatic heterocycles. The lowest BCUT2D eigenvalue weighted by Gasteiger charge is -2.22. The summed E-state index contributed by atoms with van der Waals surface area (Å²) in [6, 6.07) is 4.38. The highest BCUT2D eigenvalue weighted by Gasteiger charge is 2.64. The van der Waals surface area contributed by atoms with Crippen molar-refractivity contribution in [3.8, 4) is 5.75 Å². The molecule has 1 saturated heterocycles. The molecule has 2 saturated carbocycles. The van der Waals surface area contributed by atoms with Crippen molar-refractivity contribution in [3.63, 3.8) is 0 Å². The zero-order chi connectivity index (χ0) is 20.9. The number of esters is 3. The Kier molecular flexibility index (Phi) is 4.59. The molecule has 10 heteroatoms. The molecule has 1 aromatic rings. The molecule has 0 N–H and O–H groups in total. The lowest BCUT2D eigenvalue weighted by atomic mass is 9.80. The van der Waals surface area contributed by atoms with Crippen LogP contribution in [0.3, 0.4) is 0 Å². The highest BCUT2D eigenvalue weighted by Crippen LogP contribution is 2.57. The Bertz CT molecular complexity index is 875. The van der Waals surface area contributed by atoms with E-state index >= 15 is 0 Å². The monoisotopic (exact) mass is 412 g/mol. The van der Waals surface area contributed by atoms with Crippen LogP contribution < -0.4 is 4.74 Å². The standard InChI is InChI=1S/C19H15F3O7/c20-19(21,22)18(26)28-10-3-1-8(2-4-10)12(23)7-27-16(24)14-9-5-11-13(6-9)29-17(25)15(11)14/h1-4,9,11,13-15H,5-7H2/t9-,11+,13+,14-,15+/m1/s1. The van der Waals surface area contributed by atoms with Crippen LogP contribution in [0.2, 0.25) is 0 Å². The Labute approximate surface area is 162 Å². The second-order valence-electron chi connectivity index (χ2n) is 7.36. The van der Waals surface area contributed by atoms with E-state index in [4.69, 9.17) is 9.47 Å². The molecule has 1 aromatic carbocycles. The number of Topliss-reactive ketones (excluding diaryl/α,β-unsaturated/α-hetero) is 1. The van der Waals surface area contributed by atoms with Gasteiger partial charge in [0.05, 0.1) is 11.8 Å². The summed E-state index contributed by atoms with van der Waals surface area (Å²) in [5.74, 6) is -5.42. The topological polar surface area (TPSA) is 96.0 Å². The molecular weight excluding hydrogens is 397 g/mol. The van der Waals surface area contributed by atoms with Gasteiger partial charge in [-0.15, -0.1) is 0 Å². The number of hydrogen-bond acceptors (Lipinski definition) is 7. The van der Waals surface area contributed by atoms with E-state index in [1.54, 1.807) is 0 Å². The number of ketones is 1. The quantitative estimate of drug-likeness (QED) is 0.415. The fourth-order valence-corrected chi connectivity index (χ4v) is 4.52. The molecule has 0 spiro atoms.